The number of ether oxygens (including phenoxy) is 1. The zero-order valence-corrected chi connectivity index (χ0v) is 17.4. The molecule has 0 unspecified atom stereocenters. The average molecular weight is 450 g/mol. The van der Waals surface area contributed by atoms with Gasteiger partial charge in [-0.05, 0) is 24.1 Å². The number of oxazole rings is 1. The minimum absolute atomic E-state index is 0. The Bertz CT molecular complexity index is 787. The van der Waals surface area contributed by atoms with Gasteiger partial charge in [0.15, 0.2) is 5.69 Å². The van der Waals surface area contributed by atoms with Crippen LogP contribution in [0.2, 0.25) is 5.02 Å². The van der Waals surface area contributed by atoms with Gasteiger partial charge in [-0.1, -0.05) is 23.7 Å². The SMILES string of the molecule is Cl.Cl.NCc1nc(C(=O)N[C@H]2C[C@H]3CO[C@@H](c4ccc(Cl)cc4)CN3C2)co1. The smallest absolute Gasteiger partial charge is 0.273 e. The second kappa shape index (κ2) is 9.91. The lowest BCUT2D eigenvalue weighted by molar-refractivity contribution is -0.0502. The minimum atomic E-state index is -0.228. The molecule has 3 heterocycles. The molecule has 0 bridgehead atoms. The van der Waals surface area contributed by atoms with E-state index in [4.69, 9.17) is 26.5 Å². The topological polar surface area (TPSA) is 93.6 Å². The van der Waals surface area contributed by atoms with E-state index >= 15 is 0 Å². The Balaban J connectivity index is 0.00000140. The van der Waals surface area contributed by atoms with Crippen LogP contribution in [0, 0.1) is 0 Å². The Kier molecular flexibility index (Phi) is 8.12. The molecule has 0 saturated carbocycles. The zero-order valence-electron chi connectivity index (χ0n) is 15.0. The highest BCUT2D eigenvalue weighted by molar-refractivity contribution is 6.30. The third kappa shape index (κ3) is 4.97. The summed E-state index contributed by atoms with van der Waals surface area (Å²) in [6.45, 7) is 2.43. The monoisotopic (exact) mass is 448 g/mol. The minimum Gasteiger partial charge on any atom is -0.447 e. The van der Waals surface area contributed by atoms with E-state index in [0.29, 0.717) is 18.5 Å². The molecule has 0 spiro atoms. The van der Waals surface area contributed by atoms with E-state index in [1.165, 1.54) is 6.26 Å². The zero-order chi connectivity index (χ0) is 18.1. The average Bonchev–Trinajstić information content (AvgIpc) is 3.28. The number of hydrogen-bond acceptors (Lipinski definition) is 6. The van der Waals surface area contributed by atoms with Crippen molar-refractivity contribution in [2.45, 2.75) is 31.2 Å². The summed E-state index contributed by atoms with van der Waals surface area (Å²) in [6.07, 6.45) is 2.24. The van der Waals surface area contributed by atoms with Crippen molar-refractivity contribution in [2.75, 3.05) is 19.7 Å². The van der Waals surface area contributed by atoms with Gasteiger partial charge in [0.1, 0.15) is 6.26 Å². The van der Waals surface area contributed by atoms with Crippen LogP contribution in [0.5, 0.6) is 0 Å². The van der Waals surface area contributed by atoms with Crippen molar-refractivity contribution >= 4 is 42.3 Å². The second-order valence-corrected chi connectivity index (χ2v) is 7.15. The van der Waals surface area contributed by atoms with E-state index in [2.05, 4.69) is 15.2 Å². The third-order valence-electron chi connectivity index (χ3n) is 4.95. The van der Waals surface area contributed by atoms with Crippen LogP contribution in [0.15, 0.2) is 34.9 Å². The molecule has 1 amide bonds. The summed E-state index contributed by atoms with van der Waals surface area (Å²) in [6, 6.07) is 8.16. The lowest BCUT2D eigenvalue weighted by Crippen LogP contribution is -2.43. The van der Waals surface area contributed by atoms with Crippen LogP contribution in [0.4, 0.5) is 0 Å². The van der Waals surface area contributed by atoms with Crippen LogP contribution in [0.25, 0.3) is 0 Å². The van der Waals surface area contributed by atoms with Gasteiger partial charge in [0.2, 0.25) is 5.89 Å². The molecular weight excluding hydrogens is 427 g/mol. The maximum absolute atomic E-state index is 12.3. The first-order chi connectivity index (χ1) is 12.6. The molecule has 3 N–H and O–H groups in total. The summed E-state index contributed by atoms with van der Waals surface area (Å²) in [5, 5.41) is 3.75. The van der Waals surface area contributed by atoms with Crippen molar-refractivity contribution in [1.82, 2.24) is 15.2 Å². The molecule has 154 valence electrons. The number of nitrogens with two attached hydrogens (primary N) is 1. The summed E-state index contributed by atoms with van der Waals surface area (Å²) >= 11 is 5.96. The van der Waals surface area contributed by atoms with Gasteiger partial charge < -0.3 is 20.2 Å². The van der Waals surface area contributed by atoms with Gasteiger partial charge in [-0.25, -0.2) is 4.98 Å². The fourth-order valence-corrected chi connectivity index (χ4v) is 3.75. The van der Waals surface area contributed by atoms with Crippen molar-refractivity contribution in [1.29, 1.82) is 0 Å². The van der Waals surface area contributed by atoms with Gasteiger partial charge in [-0.2, -0.15) is 0 Å². The number of morpholine rings is 1. The number of aromatic nitrogens is 1. The molecule has 4 rings (SSSR count). The van der Waals surface area contributed by atoms with E-state index in [9.17, 15) is 4.79 Å². The van der Waals surface area contributed by atoms with Gasteiger partial charge >= 0.3 is 0 Å². The molecule has 2 fully saturated rings. The molecule has 2 aliphatic heterocycles. The molecule has 3 atom stereocenters. The highest BCUT2D eigenvalue weighted by atomic mass is 35.5. The quantitative estimate of drug-likeness (QED) is 0.745. The largest absolute Gasteiger partial charge is 0.447 e. The van der Waals surface area contributed by atoms with Crippen molar-refractivity contribution in [3.05, 3.63) is 52.7 Å². The normalized spacial score (nSPS) is 24.0. The van der Waals surface area contributed by atoms with Crippen LogP contribution in [-0.2, 0) is 11.3 Å². The van der Waals surface area contributed by atoms with E-state index < -0.39 is 0 Å². The molecule has 2 saturated heterocycles. The molecule has 0 aliphatic carbocycles. The molecular formula is C18H23Cl3N4O3. The Labute approximate surface area is 180 Å². The van der Waals surface area contributed by atoms with E-state index in [-0.39, 0.29) is 55.1 Å². The highest BCUT2D eigenvalue weighted by Crippen LogP contribution is 2.30. The van der Waals surface area contributed by atoms with Crippen molar-refractivity contribution in [3.63, 3.8) is 0 Å². The fourth-order valence-electron chi connectivity index (χ4n) is 3.63. The van der Waals surface area contributed by atoms with E-state index in [1.807, 2.05) is 24.3 Å². The molecule has 7 nitrogen and oxygen atoms in total. The van der Waals surface area contributed by atoms with Gasteiger partial charge in [-0.15, -0.1) is 24.8 Å². The molecule has 1 aromatic heterocycles. The number of rotatable bonds is 4. The highest BCUT2D eigenvalue weighted by Gasteiger charge is 2.38. The molecule has 1 aromatic carbocycles. The number of carbonyl (C=O) groups excluding carboxylic acids is 1. The maximum Gasteiger partial charge on any atom is 0.273 e. The summed E-state index contributed by atoms with van der Waals surface area (Å²) < 4.78 is 11.2. The maximum atomic E-state index is 12.3. The lowest BCUT2D eigenvalue weighted by Gasteiger charge is -2.35. The predicted octanol–water partition coefficient (Wildman–Crippen LogP) is 2.57. The number of nitrogens with one attached hydrogen (secondary N) is 1. The Morgan fingerprint density at radius 3 is 2.71 bits per heavy atom. The summed E-state index contributed by atoms with van der Waals surface area (Å²) in [5.41, 5.74) is 6.85. The number of halogens is 3. The first-order valence-electron chi connectivity index (χ1n) is 8.69. The van der Waals surface area contributed by atoms with Crippen LogP contribution in [0.3, 0.4) is 0 Å². The van der Waals surface area contributed by atoms with Crippen LogP contribution < -0.4 is 11.1 Å². The van der Waals surface area contributed by atoms with E-state index in [1.54, 1.807) is 0 Å². The molecule has 10 heteroatoms. The number of nitrogens with zero attached hydrogens (tertiary/aromatic N) is 2. The van der Waals surface area contributed by atoms with Crippen molar-refractivity contribution in [3.8, 4) is 0 Å². The summed E-state index contributed by atoms with van der Waals surface area (Å²) in [5.74, 6) is 0.131. The first kappa shape index (κ1) is 22.9. The molecule has 0 radical (unpaired) electrons. The third-order valence-corrected chi connectivity index (χ3v) is 5.21. The Morgan fingerprint density at radius 2 is 2.04 bits per heavy atom. The summed E-state index contributed by atoms with van der Waals surface area (Å²) in [7, 11) is 0. The Hall–Kier alpha value is -1.35. The standard InChI is InChI=1S/C18H21ClN4O3.2ClH/c19-12-3-1-11(2-4-12)16-8-23-7-13(5-14(23)9-25-16)21-18(24)15-10-26-17(6-20)22-15;;/h1-4,10,13-14,16H,5-9,20H2,(H,21,24);2*1H/t13-,14-,16+;;/m0../s1. The van der Waals surface area contributed by atoms with Gasteiger partial charge in [-0.3, -0.25) is 9.69 Å². The Morgan fingerprint density at radius 1 is 1.29 bits per heavy atom. The van der Waals surface area contributed by atoms with Crippen LogP contribution >= 0.6 is 36.4 Å². The molecule has 2 aliphatic rings. The second-order valence-electron chi connectivity index (χ2n) is 6.72. The number of fused-ring (bicyclic) bond motifs is 1. The number of hydrogen-bond donors (Lipinski definition) is 2. The van der Waals surface area contributed by atoms with Crippen molar-refractivity contribution < 1.29 is 13.9 Å². The number of amides is 1. The predicted molar refractivity (Wildman–Crippen MR) is 110 cm³/mol. The van der Waals surface area contributed by atoms with Gasteiger partial charge in [0.25, 0.3) is 5.91 Å². The lowest BCUT2D eigenvalue weighted by atomic mass is 10.1. The molecule has 2 aromatic rings. The number of carbonyl (C=O) groups is 1. The number of benzene rings is 1. The fraction of sp³-hybridized carbons (Fsp3) is 0.444. The van der Waals surface area contributed by atoms with Gasteiger partial charge in [0, 0.05) is 30.2 Å². The molecule has 28 heavy (non-hydrogen) atoms. The van der Waals surface area contributed by atoms with Crippen LogP contribution in [0.1, 0.15) is 34.5 Å². The summed E-state index contributed by atoms with van der Waals surface area (Å²) in [4.78, 5) is 18.8. The first-order valence-corrected chi connectivity index (χ1v) is 9.06. The van der Waals surface area contributed by atoms with Gasteiger partial charge in [0.05, 0.1) is 19.3 Å². The van der Waals surface area contributed by atoms with Crippen LogP contribution in [-0.4, -0.2) is 47.6 Å². The van der Waals surface area contributed by atoms with Crippen molar-refractivity contribution in [2.24, 2.45) is 5.73 Å². The van der Waals surface area contributed by atoms with E-state index in [0.717, 1.165) is 30.1 Å².